The Morgan fingerprint density at radius 3 is 2.69 bits per heavy atom. The Bertz CT molecular complexity index is 1400. The summed E-state index contributed by atoms with van der Waals surface area (Å²) in [6.45, 7) is 4.69. The zero-order valence-corrected chi connectivity index (χ0v) is 20.7. The summed E-state index contributed by atoms with van der Waals surface area (Å²) in [4.78, 5) is 30.6. The second-order valence-electron chi connectivity index (χ2n) is 8.84. The average molecular weight is 504 g/mol. The molecule has 0 unspecified atom stereocenters. The molecule has 1 aromatic heterocycles. The Morgan fingerprint density at radius 2 is 2.03 bits per heavy atom. The number of hydrogen-bond donors (Lipinski definition) is 1. The molecule has 2 aromatic carbocycles. The summed E-state index contributed by atoms with van der Waals surface area (Å²) in [7, 11) is 1.63. The number of methoxy groups -OCH3 is 1. The minimum atomic E-state index is -0.172. The summed E-state index contributed by atoms with van der Waals surface area (Å²) < 4.78 is 11.9. The molecule has 7 nitrogen and oxygen atoms in total. The van der Waals surface area contributed by atoms with Gasteiger partial charge in [-0.3, -0.25) is 14.6 Å². The fourth-order valence-electron chi connectivity index (χ4n) is 4.26. The minimum Gasteiger partial charge on any atom is -0.496 e. The number of carbonyl (C=O) groups excluding carboxylic acids is 2. The number of ether oxygens (including phenoxy) is 2. The zero-order chi connectivity index (χ0) is 25.2. The van der Waals surface area contributed by atoms with Crippen LogP contribution in [-0.4, -0.2) is 47.9 Å². The van der Waals surface area contributed by atoms with Gasteiger partial charge in [-0.1, -0.05) is 24.3 Å². The summed E-state index contributed by atoms with van der Waals surface area (Å²) >= 11 is 6.41. The van der Waals surface area contributed by atoms with Gasteiger partial charge in [-0.15, -0.1) is 0 Å². The van der Waals surface area contributed by atoms with E-state index < -0.39 is 0 Å². The van der Waals surface area contributed by atoms with Crippen molar-refractivity contribution in [2.24, 2.45) is 0 Å². The first kappa shape index (κ1) is 23.9. The van der Waals surface area contributed by atoms with Crippen LogP contribution in [0.25, 0.3) is 16.5 Å². The summed E-state index contributed by atoms with van der Waals surface area (Å²) in [5.41, 5.74) is 3.17. The van der Waals surface area contributed by atoms with Gasteiger partial charge in [0.05, 0.1) is 23.2 Å². The highest BCUT2D eigenvalue weighted by Gasteiger charge is 2.25. The number of nitrogens with one attached hydrogen (secondary N) is 1. The maximum atomic E-state index is 12.4. The fraction of sp³-hybridized carbons (Fsp3) is 0.250. The monoisotopic (exact) mass is 503 g/mol. The minimum absolute atomic E-state index is 0.0784. The number of benzene rings is 2. The van der Waals surface area contributed by atoms with Crippen LogP contribution in [0.1, 0.15) is 35.2 Å². The lowest BCUT2D eigenvalue weighted by molar-refractivity contribution is -0.125. The molecule has 1 aliphatic carbocycles. The van der Waals surface area contributed by atoms with Crippen LogP contribution in [0.2, 0.25) is 5.02 Å². The Morgan fingerprint density at radius 1 is 1.19 bits per heavy atom. The number of amides is 2. The Labute approximate surface area is 214 Å². The highest BCUT2D eigenvalue weighted by Crippen LogP contribution is 2.38. The fourth-order valence-corrected chi connectivity index (χ4v) is 4.52. The van der Waals surface area contributed by atoms with Gasteiger partial charge in [0.15, 0.2) is 0 Å². The first-order chi connectivity index (χ1) is 17.5. The van der Waals surface area contributed by atoms with E-state index in [4.69, 9.17) is 21.1 Å². The van der Waals surface area contributed by atoms with Crippen LogP contribution >= 0.6 is 11.6 Å². The number of nitrogens with zero attached hydrogens (tertiary/aromatic N) is 2. The average Bonchev–Trinajstić information content (AvgIpc) is 3.71. The van der Waals surface area contributed by atoms with Crippen LogP contribution in [0.3, 0.4) is 0 Å². The lowest BCUT2D eigenvalue weighted by atomic mass is 9.96. The van der Waals surface area contributed by atoms with E-state index in [2.05, 4.69) is 16.9 Å². The van der Waals surface area contributed by atoms with Crippen LogP contribution in [-0.2, 0) is 4.79 Å². The normalized spacial score (nSPS) is 15.3. The smallest absolute Gasteiger partial charge is 0.253 e. The molecule has 1 aliphatic heterocycles. The predicted molar refractivity (Wildman–Crippen MR) is 140 cm³/mol. The molecule has 0 spiro atoms. The van der Waals surface area contributed by atoms with Gasteiger partial charge in [0, 0.05) is 48.4 Å². The van der Waals surface area contributed by atoms with Crippen molar-refractivity contribution in [3.05, 3.63) is 77.5 Å². The van der Waals surface area contributed by atoms with Gasteiger partial charge in [0.25, 0.3) is 5.91 Å². The van der Waals surface area contributed by atoms with Crippen LogP contribution in [0.5, 0.6) is 17.2 Å². The van der Waals surface area contributed by atoms with Gasteiger partial charge >= 0.3 is 0 Å². The van der Waals surface area contributed by atoms with Crippen molar-refractivity contribution in [1.82, 2.24) is 15.2 Å². The molecule has 0 saturated heterocycles. The van der Waals surface area contributed by atoms with Gasteiger partial charge in [-0.25, -0.2) is 0 Å². The van der Waals surface area contributed by atoms with Crippen molar-refractivity contribution in [2.45, 2.75) is 25.3 Å². The third kappa shape index (κ3) is 4.93. The lowest BCUT2D eigenvalue weighted by Gasteiger charge is -2.26. The van der Waals surface area contributed by atoms with Gasteiger partial charge in [-0.2, -0.15) is 0 Å². The maximum absolute atomic E-state index is 12.4. The van der Waals surface area contributed by atoms with E-state index in [1.165, 1.54) is 6.08 Å². The molecule has 5 rings (SSSR count). The topological polar surface area (TPSA) is 80.8 Å². The molecule has 2 amide bonds. The van der Waals surface area contributed by atoms with Crippen molar-refractivity contribution in [2.75, 3.05) is 20.2 Å². The van der Waals surface area contributed by atoms with Gasteiger partial charge in [-0.05, 0) is 55.2 Å². The number of carbonyl (C=O) groups is 2. The summed E-state index contributed by atoms with van der Waals surface area (Å²) in [5, 5.41) is 4.09. The second-order valence-corrected chi connectivity index (χ2v) is 9.25. The van der Waals surface area contributed by atoms with Crippen molar-refractivity contribution in [3.8, 4) is 17.2 Å². The summed E-state index contributed by atoms with van der Waals surface area (Å²) in [6, 6.07) is 11.0. The molecule has 1 fully saturated rings. The molecule has 8 heteroatoms. The number of halogens is 1. The SMILES string of the molecule is C=CC(=O)N1CC=C(c2cc3c(Oc4ccc(C(=O)NC5CC5)c(Cl)c4)ccnc3cc2OC)CC1. The summed E-state index contributed by atoms with van der Waals surface area (Å²) in [5.74, 6) is 1.58. The number of aromatic nitrogens is 1. The summed E-state index contributed by atoms with van der Waals surface area (Å²) in [6.07, 6.45) is 7.76. The standard InChI is InChI=1S/C28H26ClN3O4/c1-3-27(33)32-12-9-17(10-13-32)21-15-22-24(16-26(21)35-2)30-11-8-25(22)36-19-6-7-20(23(29)14-19)28(34)31-18-4-5-18/h3,6-9,11,14-16,18H,1,4-5,10,12-13H2,2H3,(H,31,34). The number of rotatable bonds is 7. The first-order valence-corrected chi connectivity index (χ1v) is 12.2. The second kappa shape index (κ2) is 10.0. The molecule has 2 aliphatic rings. The molecule has 1 N–H and O–H groups in total. The maximum Gasteiger partial charge on any atom is 0.253 e. The Hall–Kier alpha value is -3.84. The van der Waals surface area contributed by atoms with E-state index >= 15 is 0 Å². The molecular weight excluding hydrogens is 478 g/mol. The third-order valence-electron chi connectivity index (χ3n) is 6.39. The zero-order valence-electron chi connectivity index (χ0n) is 19.9. The highest BCUT2D eigenvalue weighted by atomic mass is 35.5. The van der Waals surface area contributed by atoms with E-state index in [0.717, 1.165) is 34.9 Å². The molecule has 0 bridgehead atoms. The van der Waals surface area contributed by atoms with Crippen LogP contribution in [0, 0.1) is 0 Å². The molecular formula is C28H26ClN3O4. The van der Waals surface area contributed by atoms with Gasteiger partial charge in [0.1, 0.15) is 17.2 Å². The van der Waals surface area contributed by atoms with Crippen molar-refractivity contribution in [1.29, 1.82) is 0 Å². The molecule has 0 atom stereocenters. The van der Waals surface area contributed by atoms with E-state index in [9.17, 15) is 9.59 Å². The number of fused-ring (bicyclic) bond motifs is 1. The molecule has 36 heavy (non-hydrogen) atoms. The van der Waals surface area contributed by atoms with Crippen molar-refractivity contribution < 1.29 is 19.1 Å². The van der Waals surface area contributed by atoms with Crippen molar-refractivity contribution in [3.63, 3.8) is 0 Å². The van der Waals surface area contributed by atoms with Crippen LogP contribution in [0.4, 0.5) is 0 Å². The molecule has 1 saturated carbocycles. The number of pyridine rings is 1. The largest absolute Gasteiger partial charge is 0.496 e. The van der Waals surface area contributed by atoms with Crippen molar-refractivity contribution >= 4 is 39.9 Å². The quantitative estimate of drug-likeness (QED) is 0.438. The number of hydrogen-bond acceptors (Lipinski definition) is 5. The van der Waals surface area contributed by atoms with E-state index in [1.807, 2.05) is 18.2 Å². The first-order valence-electron chi connectivity index (χ1n) is 11.8. The predicted octanol–water partition coefficient (Wildman–Crippen LogP) is 5.38. The highest BCUT2D eigenvalue weighted by molar-refractivity contribution is 6.34. The molecule has 2 heterocycles. The van der Waals surface area contributed by atoms with Crippen LogP contribution < -0.4 is 14.8 Å². The Kier molecular flexibility index (Phi) is 6.65. The van der Waals surface area contributed by atoms with E-state index in [0.29, 0.717) is 47.3 Å². The molecule has 0 radical (unpaired) electrons. The van der Waals surface area contributed by atoms with E-state index in [-0.39, 0.29) is 17.9 Å². The third-order valence-corrected chi connectivity index (χ3v) is 6.70. The van der Waals surface area contributed by atoms with Gasteiger partial charge < -0.3 is 19.7 Å². The van der Waals surface area contributed by atoms with Gasteiger partial charge in [0.2, 0.25) is 5.91 Å². The molecule has 184 valence electrons. The Balaban J connectivity index is 1.45. The molecule has 3 aromatic rings. The van der Waals surface area contributed by atoms with E-state index in [1.54, 1.807) is 42.5 Å². The van der Waals surface area contributed by atoms with Crippen LogP contribution in [0.15, 0.2) is 61.3 Å². The lowest BCUT2D eigenvalue weighted by Crippen LogP contribution is -2.33.